The molecule has 1 N–H and O–H groups in total. The number of aromatic nitrogens is 2. The quantitative estimate of drug-likeness (QED) is 0.943. The van der Waals surface area contributed by atoms with E-state index in [4.69, 9.17) is 0 Å². The molecule has 1 aromatic heterocycles. The third-order valence-corrected chi connectivity index (χ3v) is 2.65. The Morgan fingerprint density at radius 2 is 2.24 bits per heavy atom. The molecule has 1 heterocycles. The van der Waals surface area contributed by atoms with E-state index in [1.807, 2.05) is 24.3 Å². The Bertz CT molecular complexity index is 516. The molecule has 0 fully saturated rings. The van der Waals surface area contributed by atoms with Gasteiger partial charge in [0.25, 0.3) is 5.91 Å². The number of nitrogens with one attached hydrogen (secondary N) is 1. The van der Waals surface area contributed by atoms with Gasteiger partial charge in [0.2, 0.25) is 0 Å². The maximum absolute atomic E-state index is 11.7. The number of halogens is 1. The number of hydrogen-bond donors (Lipinski definition) is 1. The summed E-state index contributed by atoms with van der Waals surface area (Å²) >= 11 is 3.38. The predicted molar refractivity (Wildman–Crippen MR) is 67.3 cm³/mol. The second-order valence-corrected chi connectivity index (χ2v) is 4.32. The molecular formula is C12H10BrN3O. The Balaban J connectivity index is 1.97. The summed E-state index contributed by atoms with van der Waals surface area (Å²) in [6.45, 7) is 0.474. The van der Waals surface area contributed by atoms with Crippen LogP contribution < -0.4 is 5.32 Å². The smallest absolute Gasteiger partial charge is 0.270 e. The molecule has 0 aliphatic rings. The third-order valence-electron chi connectivity index (χ3n) is 2.16. The number of hydrogen-bond acceptors (Lipinski definition) is 3. The minimum absolute atomic E-state index is 0.202. The van der Waals surface area contributed by atoms with Crippen molar-refractivity contribution in [2.24, 2.45) is 0 Å². The maximum atomic E-state index is 11.7. The van der Waals surface area contributed by atoms with E-state index in [0.29, 0.717) is 12.2 Å². The molecule has 0 atom stereocenters. The highest BCUT2D eigenvalue weighted by Gasteiger charge is 2.05. The van der Waals surface area contributed by atoms with Gasteiger partial charge in [0.05, 0.1) is 0 Å². The van der Waals surface area contributed by atoms with E-state index < -0.39 is 0 Å². The number of rotatable bonds is 3. The van der Waals surface area contributed by atoms with Crippen LogP contribution in [0.5, 0.6) is 0 Å². The van der Waals surface area contributed by atoms with Gasteiger partial charge in [-0.25, -0.2) is 9.97 Å². The van der Waals surface area contributed by atoms with Gasteiger partial charge in [-0.05, 0) is 23.8 Å². The highest BCUT2D eigenvalue weighted by molar-refractivity contribution is 9.10. The van der Waals surface area contributed by atoms with Crippen molar-refractivity contribution in [1.29, 1.82) is 0 Å². The standard InChI is InChI=1S/C12H10BrN3O/c13-10-3-1-2-9(6-10)7-15-12(17)11-4-5-14-8-16-11/h1-6,8H,7H2,(H,15,17). The molecule has 5 heteroatoms. The molecule has 86 valence electrons. The molecule has 1 aromatic carbocycles. The highest BCUT2D eigenvalue weighted by Crippen LogP contribution is 2.11. The van der Waals surface area contributed by atoms with E-state index in [9.17, 15) is 4.79 Å². The maximum Gasteiger partial charge on any atom is 0.270 e. The summed E-state index contributed by atoms with van der Waals surface area (Å²) < 4.78 is 0.992. The Hall–Kier alpha value is -1.75. The molecule has 0 radical (unpaired) electrons. The van der Waals surface area contributed by atoms with E-state index in [0.717, 1.165) is 10.0 Å². The van der Waals surface area contributed by atoms with Crippen molar-refractivity contribution >= 4 is 21.8 Å². The van der Waals surface area contributed by atoms with Crippen molar-refractivity contribution in [3.05, 3.63) is 58.6 Å². The first-order valence-corrected chi connectivity index (χ1v) is 5.83. The van der Waals surface area contributed by atoms with Crippen molar-refractivity contribution in [1.82, 2.24) is 15.3 Å². The van der Waals surface area contributed by atoms with E-state index in [1.165, 1.54) is 6.33 Å². The van der Waals surface area contributed by atoms with Crippen LogP contribution in [-0.4, -0.2) is 15.9 Å². The fraction of sp³-hybridized carbons (Fsp3) is 0.0833. The number of benzene rings is 1. The minimum Gasteiger partial charge on any atom is -0.347 e. The lowest BCUT2D eigenvalue weighted by Gasteiger charge is -2.04. The van der Waals surface area contributed by atoms with Crippen LogP contribution in [0.4, 0.5) is 0 Å². The number of carbonyl (C=O) groups is 1. The first-order chi connectivity index (χ1) is 8.25. The van der Waals surface area contributed by atoms with Crippen LogP contribution in [0.25, 0.3) is 0 Å². The summed E-state index contributed by atoms with van der Waals surface area (Å²) in [4.78, 5) is 19.3. The average molecular weight is 292 g/mol. The summed E-state index contributed by atoms with van der Waals surface area (Å²) in [5.74, 6) is -0.202. The topological polar surface area (TPSA) is 54.9 Å². The largest absolute Gasteiger partial charge is 0.347 e. The lowest BCUT2D eigenvalue weighted by atomic mass is 10.2. The molecule has 17 heavy (non-hydrogen) atoms. The van der Waals surface area contributed by atoms with Gasteiger partial charge in [-0.1, -0.05) is 28.1 Å². The number of carbonyl (C=O) groups excluding carboxylic acids is 1. The van der Waals surface area contributed by atoms with Crippen LogP contribution in [0.3, 0.4) is 0 Å². The fourth-order valence-corrected chi connectivity index (χ4v) is 1.79. The Labute approximate surface area is 107 Å². The monoisotopic (exact) mass is 291 g/mol. The Kier molecular flexibility index (Phi) is 3.82. The van der Waals surface area contributed by atoms with E-state index in [-0.39, 0.29) is 5.91 Å². The van der Waals surface area contributed by atoms with Gasteiger partial charge in [0, 0.05) is 17.2 Å². The Morgan fingerprint density at radius 1 is 1.35 bits per heavy atom. The highest BCUT2D eigenvalue weighted by atomic mass is 79.9. The zero-order chi connectivity index (χ0) is 12.1. The van der Waals surface area contributed by atoms with Gasteiger partial charge in [-0.3, -0.25) is 4.79 Å². The average Bonchev–Trinajstić information content (AvgIpc) is 2.37. The van der Waals surface area contributed by atoms with E-state index in [1.54, 1.807) is 12.3 Å². The van der Waals surface area contributed by atoms with Gasteiger partial charge in [0.15, 0.2) is 0 Å². The van der Waals surface area contributed by atoms with E-state index >= 15 is 0 Å². The van der Waals surface area contributed by atoms with E-state index in [2.05, 4.69) is 31.2 Å². The predicted octanol–water partition coefficient (Wildman–Crippen LogP) is 2.17. The summed E-state index contributed by atoms with van der Waals surface area (Å²) in [7, 11) is 0. The summed E-state index contributed by atoms with van der Waals surface area (Å²) in [5.41, 5.74) is 1.40. The van der Waals surface area contributed by atoms with Gasteiger partial charge in [0.1, 0.15) is 12.0 Å². The third kappa shape index (κ3) is 3.35. The molecule has 0 spiro atoms. The SMILES string of the molecule is O=C(NCc1cccc(Br)c1)c1ccncn1. The second-order valence-electron chi connectivity index (χ2n) is 3.41. The van der Waals surface area contributed by atoms with Crippen LogP contribution in [0.2, 0.25) is 0 Å². The number of nitrogens with zero attached hydrogens (tertiary/aromatic N) is 2. The summed E-state index contributed by atoms with van der Waals surface area (Å²) in [6, 6.07) is 9.35. The lowest BCUT2D eigenvalue weighted by molar-refractivity contribution is 0.0945. The summed E-state index contributed by atoms with van der Waals surface area (Å²) in [5, 5.41) is 2.79. The molecule has 0 aliphatic carbocycles. The van der Waals surface area contributed by atoms with Crippen LogP contribution in [0, 0.1) is 0 Å². The van der Waals surface area contributed by atoms with Crippen LogP contribution in [0.15, 0.2) is 47.3 Å². The molecule has 0 saturated heterocycles. The molecule has 4 nitrogen and oxygen atoms in total. The van der Waals surface area contributed by atoms with Crippen LogP contribution in [0.1, 0.15) is 16.1 Å². The molecule has 0 bridgehead atoms. The zero-order valence-corrected chi connectivity index (χ0v) is 10.5. The normalized spacial score (nSPS) is 9.94. The number of amides is 1. The Morgan fingerprint density at radius 3 is 2.94 bits per heavy atom. The molecule has 1 amide bonds. The van der Waals surface area contributed by atoms with Crippen molar-refractivity contribution < 1.29 is 4.79 Å². The van der Waals surface area contributed by atoms with Gasteiger partial charge >= 0.3 is 0 Å². The van der Waals surface area contributed by atoms with Crippen LogP contribution in [-0.2, 0) is 6.54 Å². The minimum atomic E-state index is -0.202. The first kappa shape index (κ1) is 11.7. The molecule has 0 unspecified atom stereocenters. The lowest BCUT2D eigenvalue weighted by Crippen LogP contribution is -2.23. The van der Waals surface area contributed by atoms with Crippen molar-refractivity contribution in [2.75, 3.05) is 0 Å². The van der Waals surface area contributed by atoms with Gasteiger partial charge < -0.3 is 5.32 Å². The zero-order valence-electron chi connectivity index (χ0n) is 8.93. The van der Waals surface area contributed by atoms with Crippen molar-refractivity contribution in [3.8, 4) is 0 Å². The summed E-state index contributed by atoms with van der Waals surface area (Å²) in [6.07, 6.45) is 2.90. The molecular weight excluding hydrogens is 282 g/mol. The fourth-order valence-electron chi connectivity index (χ4n) is 1.34. The van der Waals surface area contributed by atoms with Crippen molar-refractivity contribution in [2.45, 2.75) is 6.54 Å². The van der Waals surface area contributed by atoms with Gasteiger partial charge in [-0.2, -0.15) is 0 Å². The first-order valence-electron chi connectivity index (χ1n) is 5.04. The van der Waals surface area contributed by atoms with Crippen LogP contribution >= 0.6 is 15.9 Å². The van der Waals surface area contributed by atoms with Crippen molar-refractivity contribution in [3.63, 3.8) is 0 Å². The molecule has 2 rings (SSSR count). The molecule has 0 saturated carbocycles. The van der Waals surface area contributed by atoms with Gasteiger partial charge in [-0.15, -0.1) is 0 Å². The molecule has 2 aromatic rings. The molecule has 0 aliphatic heterocycles. The second kappa shape index (κ2) is 5.54.